The van der Waals surface area contributed by atoms with Crippen LogP contribution >= 0.6 is 11.8 Å². The van der Waals surface area contributed by atoms with Crippen molar-refractivity contribution in [2.45, 2.75) is 43.4 Å². The molecular weight excluding hydrogens is 332 g/mol. The molecule has 0 atom stereocenters. The summed E-state index contributed by atoms with van der Waals surface area (Å²) in [5.74, 6) is 1.11. The summed E-state index contributed by atoms with van der Waals surface area (Å²) >= 11 is 1.59. The number of hydrogen-bond acceptors (Lipinski definition) is 3. The fraction of sp³-hybridized carbons (Fsp3) is 0.600. The van der Waals surface area contributed by atoms with E-state index in [1.807, 2.05) is 35.2 Å². The normalized spacial score (nSPS) is 19.5. The van der Waals surface area contributed by atoms with Crippen LogP contribution in [0.5, 0.6) is 0 Å². The Hall–Kier alpha value is -1.49. The number of rotatable bonds is 4. The molecule has 25 heavy (non-hydrogen) atoms. The highest BCUT2D eigenvalue weighted by Gasteiger charge is 2.30. The number of benzene rings is 1. The van der Waals surface area contributed by atoms with Crippen molar-refractivity contribution in [1.29, 1.82) is 0 Å². The Balaban J connectivity index is 1.43. The SMILES string of the molecule is O=C(CSc1ccccc1)N1CCC(C(=O)N2CCCCCC2)CC1. The molecule has 0 aromatic heterocycles. The molecule has 0 bridgehead atoms. The standard InChI is InChI=1S/C20H28N2O2S/c23-19(16-25-18-8-4-3-5-9-18)21-14-10-17(11-15-21)20(24)22-12-6-1-2-7-13-22/h3-5,8-9,17H,1-2,6-7,10-16H2. The third kappa shape index (κ3) is 5.24. The minimum atomic E-state index is 0.115. The van der Waals surface area contributed by atoms with E-state index in [-0.39, 0.29) is 11.8 Å². The van der Waals surface area contributed by atoms with Crippen molar-refractivity contribution in [2.75, 3.05) is 31.9 Å². The van der Waals surface area contributed by atoms with Crippen LogP contribution in [0.4, 0.5) is 0 Å². The first-order chi connectivity index (χ1) is 12.2. The van der Waals surface area contributed by atoms with Crippen LogP contribution in [-0.4, -0.2) is 53.5 Å². The molecular formula is C20H28N2O2S. The molecule has 0 unspecified atom stereocenters. The molecule has 2 amide bonds. The topological polar surface area (TPSA) is 40.6 Å². The first-order valence-electron chi connectivity index (χ1n) is 9.48. The summed E-state index contributed by atoms with van der Waals surface area (Å²) in [6.45, 7) is 3.29. The zero-order valence-corrected chi connectivity index (χ0v) is 15.7. The highest BCUT2D eigenvalue weighted by molar-refractivity contribution is 8.00. The number of amides is 2. The smallest absolute Gasteiger partial charge is 0.232 e. The highest BCUT2D eigenvalue weighted by atomic mass is 32.2. The third-order valence-electron chi connectivity index (χ3n) is 5.22. The van der Waals surface area contributed by atoms with Gasteiger partial charge in [-0.25, -0.2) is 0 Å². The fourth-order valence-electron chi connectivity index (χ4n) is 3.68. The van der Waals surface area contributed by atoms with Crippen LogP contribution in [0.25, 0.3) is 0 Å². The molecule has 2 aliphatic heterocycles. The van der Waals surface area contributed by atoms with E-state index in [9.17, 15) is 9.59 Å². The minimum absolute atomic E-state index is 0.115. The Morgan fingerprint density at radius 3 is 2.16 bits per heavy atom. The van der Waals surface area contributed by atoms with Crippen molar-refractivity contribution < 1.29 is 9.59 Å². The second-order valence-electron chi connectivity index (χ2n) is 7.00. The summed E-state index contributed by atoms with van der Waals surface area (Å²) in [4.78, 5) is 30.2. The molecule has 2 saturated heterocycles. The number of likely N-dealkylation sites (tertiary alicyclic amines) is 2. The number of nitrogens with zero attached hydrogens (tertiary/aromatic N) is 2. The maximum absolute atomic E-state index is 12.7. The molecule has 0 saturated carbocycles. The Morgan fingerprint density at radius 2 is 1.52 bits per heavy atom. The molecule has 5 heteroatoms. The second-order valence-corrected chi connectivity index (χ2v) is 8.05. The van der Waals surface area contributed by atoms with Gasteiger partial charge in [0.25, 0.3) is 0 Å². The molecule has 136 valence electrons. The largest absolute Gasteiger partial charge is 0.342 e. The maximum Gasteiger partial charge on any atom is 0.232 e. The molecule has 3 rings (SSSR count). The molecule has 0 N–H and O–H groups in total. The molecule has 2 aliphatic rings. The van der Waals surface area contributed by atoms with Crippen LogP contribution in [0.3, 0.4) is 0 Å². The van der Waals surface area contributed by atoms with E-state index in [0.29, 0.717) is 11.7 Å². The van der Waals surface area contributed by atoms with E-state index in [0.717, 1.165) is 56.8 Å². The summed E-state index contributed by atoms with van der Waals surface area (Å²) in [5, 5.41) is 0. The summed E-state index contributed by atoms with van der Waals surface area (Å²) in [6, 6.07) is 10.0. The Morgan fingerprint density at radius 1 is 0.880 bits per heavy atom. The molecule has 4 nitrogen and oxygen atoms in total. The van der Waals surface area contributed by atoms with E-state index in [1.165, 1.54) is 12.8 Å². The van der Waals surface area contributed by atoms with E-state index in [1.54, 1.807) is 11.8 Å². The van der Waals surface area contributed by atoms with Gasteiger partial charge in [-0.15, -0.1) is 11.8 Å². The molecule has 0 spiro atoms. The van der Waals surface area contributed by atoms with Crippen molar-refractivity contribution >= 4 is 23.6 Å². The number of thioether (sulfide) groups is 1. The second kappa shape index (κ2) is 9.27. The van der Waals surface area contributed by atoms with Crippen molar-refractivity contribution in [3.8, 4) is 0 Å². The van der Waals surface area contributed by atoms with Gasteiger partial charge in [-0.2, -0.15) is 0 Å². The van der Waals surface area contributed by atoms with Crippen LogP contribution in [0.2, 0.25) is 0 Å². The van der Waals surface area contributed by atoms with Crippen LogP contribution in [0.15, 0.2) is 35.2 Å². The van der Waals surface area contributed by atoms with Crippen molar-refractivity contribution in [3.63, 3.8) is 0 Å². The van der Waals surface area contributed by atoms with Gasteiger partial charge < -0.3 is 9.80 Å². The molecule has 2 heterocycles. The summed E-state index contributed by atoms with van der Waals surface area (Å²) in [6.07, 6.45) is 6.40. The fourth-order valence-corrected chi connectivity index (χ4v) is 4.50. The molecule has 1 aromatic carbocycles. The van der Waals surface area contributed by atoms with Gasteiger partial charge in [0.1, 0.15) is 0 Å². The summed E-state index contributed by atoms with van der Waals surface area (Å²) in [7, 11) is 0. The Kier molecular flexibility index (Phi) is 6.79. The zero-order chi connectivity index (χ0) is 17.5. The average molecular weight is 361 g/mol. The van der Waals surface area contributed by atoms with Crippen molar-refractivity contribution in [1.82, 2.24) is 9.80 Å². The lowest BCUT2D eigenvalue weighted by Crippen LogP contribution is -2.45. The van der Waals surface area contributed by atoms with Gasteiger partial charge in [0.2, 0.25) is 11.8 Å². The van der Waals surface area contributed by atoms with Gasteiger partial charge in [-0.3, -0.25) is 9.59 Å². The van der Waals surface area contributed by atoms with E-state index in [2.05, 4.69) is 4.90 Å². The van der Waals surface area contributed by atoms with Crippen LogP contribution < -0.4 is 0 Å². The highest BCUT2D eigenvalue weighted by Crippen LogP contribution is 2.23. The number of carbonyl (C=O) groups excluding carboxylic acids is 2. The molecule has 1 aromatic rings. The lowest BCUT2D eigenvalue weighted by atomic mass is 9.95. The molecule has 0 aliphatic carbocycles. The van der Waals surface area contributed by atoms with Gasteiger partial charge in [-0.05, 0) is 37.8 Å². The average Bonchev–Trinajstić information content (AvgIpc) is 2.96. The van der Waals surface area contributed by atoms with E-state index in [4.69, 9.17) is 0 Å². The third-order valence-corrected chi connectivity index (χ3v) is 6.22. The monoisotopic (exact) mass is 360 g/mol. The summed E-state index contributed by atoms with van der Waals surface area (Å²) in [5.41, 5.74) is 0. The molecule has 2 fully saturated rings. The van der Waals surface area contributed by atoms with Crippen LogP contribution in [0, 0.1) is 5.92 Å². The number of piperidine rings is 1. The quantitative estimate of drug-likeness (QED) is 0.773. The predicted molar refractivity (Wildman–Crippen MR) is 102 cm³/mol. The van der Waals surface area contributed by atoms with Crippen molar-refractivity contribution in [2.24, 2.45) is 5.92 Å². The van der Waals surface area contributed by atoms with Crippen LogP contribution in [0.1, 0.15) is 38.5 Å². The zero-order valence-electron chi connectivity index (χ0n) is 14.9. The van der Waals surface area contributed by atoms with Gasteiger partial charge in [0, 0.05) is 37.0 Å². The predicted octanol–water partition coefficient (Wildman–Crippen LogP) is 3.42. The molecule has 0 radical (unpaired) electrons. The van der Waals surface area contributed by atoms with Gasteiger partial charge in [0.15, 0.2) is 0 Å². The first-order valence-corrected chi connectivity index (χ1v) is 10.5. The van der Waals surface area contributed by atoms with Crippen LogP contribution in [-0.2, 0) is 9.59 Å². The lowest BCUT2D eigenvalue weighted by molar-refractivity contribution is -0.139. The van der Waals surface area contributed by atoms with Gasteiger partial charge >= 0.3 is 0 Å². The lowest BCUT2D eigenvalue weighted by Gasteiger charge is -2.34. The van der Waals surface area contributed by atoms with E-state index < -0.39 is 0 Å². The van der Waals surface area contributed by atoms with E-state index >= 15 is 0 Å². The first kappa shape index (κ1) is 18.3. The number of carbonyl (C=O) groups is 2. The number of hydrogen-bond donors (Lipinski definition) is 0. The van der Waals surface area contributed by atoms with Gasteiger partial charge in [0.05, 0.1) is 5.75 Å². The Bertz CT molecular complexity index is 562. The maximum atomic E-state index is 12.7. The van der Waals surface area contributed by atoms with Gasteiger partial charge in [-0.1, -0.05) is 31.0 Å². The minimum Gasteiger partial charge on any atom is -0.342 e. The Labute approximate surface area is 154 Å². The summed E-state index contributed by atoms with van der Waals surface area (Å²) < 4.78 is 0. The van der Waals surface area contributed by atoms with Crippen molar-refractivity contribution in [3.05, 3.63) is 30.3 Å².